The van der Waals surface area contributed by atoms with Crippen molar-refractivity contribution in [2.75, 3.05) is 31.1 Å². The highest BCUT2D eigenvalue weighted by Gasteiger charge is 2.37. The lowest BCUT2D eigenvalue weighted by molar-refractivity contribution is -0.127. The van der Waals surface area contributed by atoms with Crippen molar-refractivity contribution in [3.63, 3.8) is 0 Å². The highest BCUT2D eigenvalue weighted by molar-refractivity contribution is 6.31. The Bertz CT molecular complexity index is 729. The first-order chi connectivity index (χ1) is 13.2. The molecule has 6 nitrogen and oxygen atoms in total. The van der Waals surface area contributed by atoms with Gasteiger partial charge in [0.05, 0.1) is 18.1 Å². The summed E-state index contributed by atoms with van der Waals surface area (Å²) in [6.45, 7) is 11.0. The summed E-state index contributed by atoms with van der Waals surface area (Å²) in [5.41, 5.74) is 0.557. The number of hydrogen-bond acceptors (Lipinski definition) is 4. The van der Waals surface area contributed by atoms with E-state index in [1.54, 1.807) is 17.0 Å². The van der Waals surface area contributed by atoms with Crippen LogP contribution in [0.2, 0.25) is 5.02 Å². The number of nitrogens with one attached hydrogen (secondary N) is 1. The van der Waals surface area contributed by atoms with E-state index in [0.29, 0.717) is 18.1 Å². The minimum atomic E-state index is -0.343. The second-order valence-electron chi connectivity index (χ2n) is 8.58. The molecular weight excluding hydrogens is 378 g/mol. The van der Waals surface area contributed by atoms with Gasteiger partial charge in [0.25, 0.3) is 0 Å². The third kappa shape index (κ3) is 4.85. The van der Waals surface area contributed by atoms with Gasteiger partial charge in [0.2, 0.25) is 11.8 Å². The zero-order valence-electron chi connectivity index (χ0n) is 17.1. The third-order valence-electron chi connectivity index (χ3n) is 5.59. The predicted octanol–water partition coefficient (Wildman–Crippen LogP) is 2.70. The van der Waals surface area contributed by atoms with Gasteiger partial charge in [-0.15, -0.1) is 0 Å². The average molecular weight is 408 g/mol. The lowest BCUT2D eigenvalue weighted by Gasteiger charge is -2.45. The molecule has 0 saturated carbocycles. The summed E-state index contributed by atoms with van der Waals surface area (Å²) in [5, 5.41) is 3.65. The summed E-state index contributed by atoms with van der Waals surface area (Å²) in [5.74, 6) is -0.456. The Morgan fingerprint density at radius 2 is 1.93 bits per heavy atom. The molecule has 2 fully saturated rings. The Morgan fingerprint density at radius 3 is 2.57 bits per heavy atom. The number of rotatable bonds is 5. The molecule has 0 radical (unpaired) electrons. The first-order valence-electron chi connectivity index (χ1n) is 9.90. The normalized spacial score (nSPS) is 26.5. The molecule has 2 aliphatic heterocycles. The number of ether oxygens (including phenoxy) is 1. The van der Waals surface area contributed by atoms with Crippen LogP contribution in [-0.2, 0) is 14.3 Å². The molecule has 0 unspecified atom stereocenters. The second-order valence-corrected chi connectivity index (χ2v) is 9.01. The number of morpholine rings is 1. The predicted molar refractivity (Wildman–Crippen MR) is 111 cm³/mol. The van der Waals surface area contributed by atoms with Gasteiger partial charge in [-0.3, -0.25) is 14.5 Å². The number of anilines is 1. The van der Waals surface area contributed by atoms with Crippen LogP contribution in [-0.4, -0.2) is 60.6 Å². The van der Waals surface area contributed by atoms with Gasteiger partial charge in [-0.05, 0) is 45.9 Å². The van der Waals surface area contributed by atoms with Gasteiger partial charge in [0, 0.05) is 48.8 Å². The third-order valence-corrected chi connectivity index (χ3v) is 5.82. The highest BCUT2D eigenvalue weighted by Crippen LogP contribution is 2.27. The zero-order valence-corrected chi connectivity index (χ0v) is 17.8. The van der Waals surface area contributed by atoms with Crippen LogP contribution in [0.25, 0.3) is 0 Å². The molecule has 154 valence electrons. The van der Waals surface area contributed by atoms with Gasteiger partial charge in [0.15, 0.2) is 0 Å². The molecule has 1 aromatic carbocycles. The van der Waals surface area contributed by atoms with Crippen molar-refractivity contribution < 1.29 is 14.3 Å². The van der Waals surface area contributed by atoms with Crippen molar-refractivity contribution in [1.29, 1.82) is 0 Å². The molecule has 2 saturated heterocycles. The van der Waals surface area contributed by atoms with E-state index < -0.39 is 0 Å². The molecule has 0 bridgehead atoms. The standard InChI is InChI=1S/C21H30ClN3O3/c1-14-10-24(11-15(2)28-14)21(3,4)13-23-20(27)16-8-19(26)25(12-16)18-7-5-6-17(22)9-18/h5-7,9,14-16H,8,10-13H2,1-4H3,(H,23,27)/t14-,15-,16+/m1/s1. The quantitative estimate of drug-likeness (QED) is 0.815. The van der Waals surface area contributed by atoms with Crippen LogP contribution in [0.1, 0.15) is 34.1 Å². The van der Waals surface area contributed by atoms with Crippen LogP contribution in [0.3, 0.4) is 0 Å². The van der Waals surface area contributed by atoms with Crippen molar-refractivity contribution in [1.82, 2.24) is 10.2 Å². The molecule has 1 N–H and O–H groups in total. The van der Waals surface area contributed by atoms with Crippen LogP contribution < -0.4 is 10.2 Å². The highest BCUT2D eigenvalue weighted by atomic mass is 35.5. The molecule has 0 aliphatic carbocycles. The Labute approximate surface area is 172 Å². The number of hydrogen-bond donors (Lipinski definition) is 1. The Morgan fingerprint density at radius 1 is 1.25 bits per heavy atom. The maximum atomic E-state index is 12.7. The zero-order chi connectivity index (χ0) is 20.5. The molecule has 0 spiro atoms. The monoisotopic (exact) mass is 407 g/mol. The average Bonchev–Trinajstić information content (AvgIpc) is 3.01. The van der Waals surface area contributed by atoms with E-state index in [4.69, 9.17) is 16.3 Å². The first kappa shape index (κ1) is 21.1. The molecule has 3 atom stereocenters. The van der Waals surface area contributed by atoms with Gasteiger partial charge >= 0.3 is 0 Å². The summed E-state index contributed by atoms with van der Waals surface area (Å²) in [4.78, 5) is 29.1. The van der Waals surface area contributed by atoms with Crippen LogP contribution in [0.15, 0.2) is 24.3 Å². The fourth-order valence-electron chi connectivity index (χ4n) is 4.01. The Kier molecular flexibility index (Phi) is 6.32. The van der Waals surface area contributed by atoms with Crippen molar-refractivity contribution in [3.05, 3.63) is 29.3 Å². The molecule has 0 aromatic heterocycles. The summed E-state index contributed by atoms with van der Waals surface area (Å²) >= 11 is 6.03. The topological polar surface area (TPSA) is 61.9 Å². The van der Waals surface area contributed by atoms with Gasteiger partial charge in [-0.2, -0.15) is 0 Å². The Hall–Kier alpha value is -1.63. The van der Waals surface area contributed by atoms with Crippen molar-refractivity contribution >= 4 is 29.1 Å². The summed E-state index contributed by atoms with van der Waals surface area (Å²) in [7, 11) is 0. The molecule has 2 amide bonds. The van der Waals surface area contributed by atoms with Crippen molar-refractivity contribution in [2.24, 2.45) is 5.92 Å². The SMILES string of the molecule is C[C@@H]1CN(C(C)(C)CNC(=O)[C@H]2CC(=O)N(c3cccc(Cl)c3)C2)C[C@@H](C)O1. The summed E-state index contributed by atoms with van der Waals surface area (Å²) in [6, 6.07) is 7.17. The second kappa shape index (κ2) is 8.39. The van der Waals surface area contributed by atoms with E-state index in [1.807, 2.05) is 12.1 Å². The van der Waals surface area contributed by atoms with E-state index >= 15 is 0 Å². The molecular formula is C21H30ClN3O3. The first-order valence-corrected chi connectivity index (χ1v) is 10.3. The van der Waals surface area contributed by atoms with Gasteiger partial charge in [0.1, 0.15) is 0 Å². The van der Waals surface area contributed by atoms with E-state index in [9.17, 15) is 9.59 Å². The van der Waals surface area contributed by atoms with Crippen molar-refractivity contribution in [2.45, 2.75) is 51.9 Å². The maximum Gasteiger partial charge on any atom is 0.227 e. The van der Waals surface area contributed by atoms with E-state index in [1.165, 1.54) is 0 Å². The number of carbonyl (C=O) groups excluding carboxylic acids is 2. The maximum absolute atomic E-state index is 12.7. The fraction of sp³-hybridized carbons (Fsp3) is 0.619. The minimum absolute atomic E-state index is 0.0440. The summed E-state index contributed by atoms with van der Waals surface area (Å²) < 4.78 is 5.81. The molecule has 28 heavy (non-hydrogen) atoms. The van der Waals surface area contributed by atoms with E-state index in [2.05, 4.69) is 37.9 Å². The largest absolute Gasteiger partial charge is 0.373 e. The fourth-order valence-corrected chi connectivity index (χ4v) is 4.19. The molecule has 2 heterocycles. The van der Waals surface area contributed by atoms with Crippen LogP contribution >= 0.6 is 11.6 Å². The molecule has 1 aromatic rings. The van der Waals surface area contributed by atoms with Gasteiger partial charge in [-0.1, -0.05) is 17.7 Å². The minimum Gasteiger partial charge on any atom is -0.373 e. The van der Waals surface area contributed by atoms with Gasteiger partial charge in [-0.25, -0.2) is 0 Å². The number of benzene rings is 1. The molecule has 7 heteroatoms. The molecule has 3 rings (SSSR count). The lowest BCUT2D eigenvalue weighted by atomic mass is 9.99. The van der Waals surface area contributed by atoms with E-state index in [-0.39, 0.29) is 41.9 Å². The van der Waals surface area contributed by atoms with Crippen molar-refractivity contribution in [3.8, 4) is 0 Å². The lowest BCUT2D eigenvalue weighted by Crippen LogP contribution is -2.59. The number of carbonyl (C=O) groups is 2. The van der Waals surface area contributed by atoms with Crippen LogP contribution in [0.4, 0.5) is 5.69 Å². The Balaban J connectivity index is 1.57. The number of amides is 2. The van der Waals surface area contributed by atoms with Crippen LogP contribution in [0.5, 0.6) is 0 Å². The molecule has 2 aliphatic rings. The smallest absolute Gasteiger partial charge is 0.227 e. The van der Waals surface area contributed by atoms with Gasteiger partial charge < -0.3 is 15.0 Å². The van der Waals surface area contributed by atoms with E-state index in [0.717, 1.165) is 18.8 Å². The number of halogens is 1. The summed E-state index contributed by atoms with van der Waals surface area (Å²) in [6.07, 6.45) is 0.583. The number of nitrogens with zero attached hydrogens (tertiary/aromatic N) is 2. The van der Waals surface area contributed by atoms with Crippen LogP contribution in [0, 0.1) is 5.92 Å².